The third-order valence-electron chi connectivity index (χ3n) is 2.34. The van der Waals surface area contributed by atoms with Gasteiger partial charge in [-0.15, -0.1) is 0 Å². The fraction of sp³-hybridized carbons (Fsp3) is 0.300. The largest absolute Gasteiger partial charge is 1.00 e. The van der Waals surface area contributed by atoms with Gasteiger partial charge in [0, 0.05) is 18.1 Å². The van der Waals surface area contributed by atoms with Gasteiger partial charge >= 0.3 is 5.97 Å². The van der Waals surface area contributed by atoms with E-state index in [1.54, 1.807) is 12.1 Å². The molecule has 0 aliphatic rings. The van der Waals surface area contributed by atoms with E-state index in [0.29, 0.717) is 6.54 Å². The van der Waals surface area contributed by atoms with Crippen LogP contribution in [0.25, 0.3) is 0 Å². The van der Waals surface area contributed by atoms with E-state index in [1.165, 1.54) is 12.1 Å². The standard InChI is InChI=1S/C10H12N2O4.ClH/c11-6-8(5-10(13)14)7-1-3-9(4-2-7)12(15)16;/h1-4,8H,5-6,11H2,(H,13,14);1H. The zero-order valence-corrected chi connectivity index (χ0v) is 9.76. The lowest BCUT2D eigenvalue weighted by atomic mass is 9.96. The highest BCUT2D eigenvalue weighted by Gasteiger charge is 2.16. The molecular weight excluding hydrogens is 248 g/mol. The van der Waals surface area contributed by atoms with E-state index < -0.39 is 10.9 Å². The number of carbonyl (C=O) groups is 1. The van der Waals surface area contributed by atoms with Crippen LogP contribution >= 0.6 is 0 Å². The van der Waals surface area contributed by atoms with Crippen molar-refractivity contribution < 1.29 is 33.0 Å². The Balaban J connectivity index is 0.00000256. The molecule has 1 rings (SSSR count). The molecule has 0 fully saturated rings. The molecule has 0 radical (unpaired) electrons. The van der Waals surface area contributed by atoms with Crippen LogP contribution in [0.5, 0.6) is 0 Å². The van der Waals surface area contributed by atoms with Crippen molar-refractivity contribution in [1.29, 1.82) is 0 Å². The van der Waals surface area contributed by atoms with Crippen LogP contribution in [0, 0.1) is 10.1 Å². The summed E-state index contributed by atoms with van der Waals surface area (Å²) < 4.78 is 0. The number of hydrogen-bond acceptors (Lipinski definition) is 3. The first kappa shape index (κ1) is 15.3. The number of rotatable bonds is 5. The monoisotopic (exact) mass is 260 g/mol. The average molecular weight is 261 g/mol. The highest BCUT2D eigenvalue weighted by atomic mass is 35.5. The Bertz CT molecular complexity index is 394. The number of carboxylic acid groups (broad SMARTS) is 1. The molecule has 94 valence electrons. The number of halogens is 1. The topological polar surface area (TPSA) is 108 Å². The maximum Gasteiger partial charge on any atom is 0.304 e. The van der Waals surface area contributed by atoms with Gasteiger partial charge in [-0.1, -0.05) is 12.1 Å². The summed E-state index contributed by atoms with van der Waals surface area (Å²) >= 11 is 0. The molecule has 0 aliphatic carbocycles. The van der Waals surface area contributed by atoms with Gasteiger partial charge in [0.1, 0.15) is 0 Å². The van der Waals surface area contributed by atoms with Gasteiger partial charge in [-0.2, -0.15) is 0 Å². The van der Waals surface area contributed by atoms with Crippen LogP contribution in [0.2, 0.25) is 0 Å². The van der Waals surface area contributed by atoms with Gasteiger partial charge in [0.15, 0.2) is 0 Å². The van der Waals surface area contributed by atoms with Crippen LogP contribution in [0.3, 0.4) is 0 Å². The highest BCUT2D eigenvalue weighted by molar-refractivity contribution is 5.68. The van der Waals surface area contributed by atoms with Crippen molar-refractivity contribution in [2.24, 2.45) is 0 Å². The molecular formula is C10H13ClN2O4. The van der Waals surface area contributed by atoms with Crippen molar-refractivity contribution in [2.75, 3.05) is 6.54 Å². The number of nitro groups is 1. The zero-order valence-electron chi connectivity index (χ0n) is 9.01. The van der Waals surface area contributed by atoms with Crippen LogP contribution in [0.1, 0.15) is 17.9 Å². The molecule has 1 aromatic carbocycles. The van der Waals surface area contributed by atoms with Gasteiger partial charge in [-0.25, -0.2) is 0 Å². The molecule has 0 saturated heterocycles. The fourth-order valence-electron chi connectivity index (χ4n) is 1.47. The minimum absolute atomic E-state index is 0. The summed E-state index contributed by atoms with van der Waals surface area (Å²) in [6, 6.07) is 5.91. The Morgan fingerprint density at radius 3 is 2.29 bits per heavy atom. The second-order valence-electron chi connectivity index (χ2n) is 3.43. The number of nitro benzene ring substituents is 1. The van der Waals surface area contributed by atoms with Crippen molar-refractivity contribution in [3.05, 3.63) is 39.9 Å². The quantitative estimate of drug-likeness (QED) is 0.447. The summed E-state index contributed by atoms with van der Waals surface area (Å²) in [5.74, 6) is -1.09. The van der Waals surface area contributed by atoms with Crippen LogP contribution in [-0.2, 0) is 4.79 Å². The van der Waals surface area contributed by atoms with Crippen molar-refractivity contribution in [3.63, 3.8) is 0 Å². The van der Waals surface area contributed by atoms with Gasteiger partial charge in [0.2, 0.25) is 0 Å². The molecule has 1 atom stereocenters. The van der Waals surface area contributed by atoms with Crippen molar-refractivity contribution in [3.8, 4) is 0 Å². The lowest BCUT2D eigenvalue weighted by Crippen LogP contribution is -3.00. The summed E-state index contributed by atoms with van der Waals surface area (Å²) in [6.45, 7) is 0.449. The van der Waals surface area contributed by atoms with Crippen LogP contribution in [0.4, 0.5) is 5.69 Å². The molecule has 4 N–H and O–H groups in total. The number of benzene rings is 1. The van der Waals surface area contributed by atoms with E-state index >= 15 is 0 Å². The maximum absolute atomic E-state index is 10.6. The third-order valence-corrected chi connectivity index (χ3v) is 2.34. The molecule has 1 aromatic rings. The second kappa shape index (κ2) is 6.82. The molecule has 6 nitrogen and oxygen atoms in total. The fourth-order valence-corrected chi connectivity index (χ4v) is 1.47. The number of non-ortho nitro benzene ring substituents is 1. The second-order valence-corrected chi connectivity index (χ2v) is 3.43. The maximum atomic E-state index is 10.6. The van der Waals surface area contributed by atoms with Crippen LogP contribution in [-0.4, -0.2) is 22.5 Å². The van der Waals surface area contributed by atoms with Crippen molar-refractivity contribution >= 4 is 11.7 Å². The Morgan fingerprint density at radius 2 is 1.94 bits per heavy atom. The van der Waals surface area contributed by atoms with Gasteiger partial charge < -0.3 is 23.2 Å². The Morgan fingerprint density at radius 1 is 1.41 bits per heavy atom. The summed E-state index contributed by atoms with van der Waals surface area (Å²) in [4.78, 5) is 20.5. The van der Waals surface area contributed by atoms with Crippen molar-refractivity contribution in [2.45, 2.75) is 12.3 Å². The van der Waals surface area contributed by atoms with Gasteiger partial charge in [-0.05, 0) is 5.56 Å². The molecule has 0 bridgehead atoms. The first-order valence-electron chi connectivity index (χ1n) is 4.80. The van der Waals surface area contributed by atoms with Crippen LogP contribution < -0.4 is 18.1 Å². The van der Waals surface area contributed by atoms with E-state index in [9.17, 15) is 14.9 Å². The Kier molecular flexibility index (Phi) is 6.16. The number of hydrogen-bond donors (Lipinski definition) is 2. The predicted octanol–water partition coefficient (Wildman–Crippen LogP) is -2.60. The summed E-state index contributed by atoms with van der Waals surface area (Å²) in [5.41, 5.74) is 4.44. The molecule has 0 spiro atoms. The summed E-state index contributed by atoms with van der Waals surface area (Å²) in [6.07, 6.45) is -0.0126. The number of aliphatic carboxylic acids is 1. The van der Waals surface area contributed by atoms with E-state index in [4.69, 9.17) is 5.11 Å². The molecule has 0 aromatic heterocycles. The van der Waals surface area contributed by atoms with Crippen molar-refractivity contribution in [1.82, 2.24) is 0 Å². The van der Waals surface area contributed by atoms with Gasteiger partial charge in [0.05, 0.1) is 17.9 Å². The first-order valence-corrected chi connectivity index (χ1v) is 4.80. The average Bonchev–Trinajstić information content (AvgIpc) is 2.25. The Labute approximate surface area is 104 Å². The van der Waals surface area contributed by atoms with E-state index in [-0.39, 0.29) is 30.4 Å². The first-order chi connectivity index (χ1) is 7.54. The van der Waals surface area contributed by atoms with Gasteiger partial charge in [0.25, 0.3) is 5.69 Å². The van der Waals surface area contributed by atoms with E-state index in [2.05, 4.69) is 5.73 Å². The summed E-state index contributed by atoms with van der Waals surface area (Å²) in [5, 5.41) is 19.1. The van der Waals surface area contributed by atoms with E-state index in [1.807, 2.05) is 0 Å². The lowest BCUT2D eigenvalue weighted by Gasteiger charge is -2.09. The molecule has 0 saturated carbocycles. The molecule has 0 heterocycles. The van der Waals surface area contributed by atoms with Gasteiger partial charge in [-0.3, -0.25) is 14.9 Å². The third kappa shape index (κ3) is 4.38. The van der Waals surface area contributed by atoms with E-state index in [0.717, 1.165) is 5.56 Å². The molecule has 7 heteroatoms. The smallest absolute Gasteiger partial charge is 0.304 e. The minimum Gasteiger partial charge on any atom is -1.00 e. The minimum atomic E-state index is -0.896. The highest BCUT2D eigenvalue weighted by Crippen LogP contribution is 2.21. The lowest BCUT2D eigenvalue weighted by molar-refractivity contribution is -0.385. The molecule has 17 heavy (non-hydrogen) atoms. The van der Waals surface area contributed by atoms with Crippen LogP contribution in [0.15, 0.2) is 24.3 Å². The predicted molar refractivity (Wildman–Crippen MR) is 55.8 cm³/mol. The number of nitrogens with zero attached hydrogens (tertiary/aromatic N) is 1. The molecule has 0 aliphatic heterocycles. The Hall–Kier alpha value is -1.66. The summed E-state index contributed by atoms with van der Waals surface area (Å²) in [7, 11) is 0. The SMILES string of the molecule is [Cl-].[NH3+]CC(CC(=O)O)c1ccc([N+](=O)[O-])cc1. The molecule has 1 unspecified atom stereocenters. The normalized spacial score (nSPS) is 11.4. The number of carboxylic acids is 1. The number of quaternary nitrogens is 1. The zero-order chi connectivity index (χ0) is 12.1. The molecule has 0 amide bonds.